The SMILES string of the molecule is CCC(CS(=O)(=O)Nc1cnc(C(F)(F)F)cc1OC)OC. The number of pyridine rings is 1. The molecule has 1 aromatic heterocycles. The quantitative estimate of drug-likeness (QED) is 0.822. The molecule has 0 aliphatic rings. The standard InChI is InChI=1S/C12H17F3N2O4S/c1-4-8(20-2)7-22(18,19)17-9-6-16-11(12(13,14)15)5-10(9)21-3/h5-6,8,17H,4,7H2,1-3H3. The predicted octanol–water partition coefficient (Wildman–Crippen LogP) is 2.28. The maximum atomic E-state index is 12.6. The van der Waals surface area contributed by atoms with Gasteiger partial charge in [-0.1, -0.05) is 6.92 Å². The Morgan fingerprint density at radius 3 is 2.45 bits per heavy atom. The molecule has 0 amide bonds. The summed E-state index contributed by atoms with van der Waals surface area (Å²) in [5.74, 6) is -0.596. The van der Waals surface area contributed by atoms with Crippen LogP contribution >= 0.6 is 0 Å². The third-order valence-electron chi connectivity index (χ3n) is 2.84. The van der Waals surface area contributed by atoms with Crippen LogP contribution in [0.4, 0.5) is 18.9 Å². The molecule has 0 radical (unpaired) electrons. The Balaban J connectivity index is 3.03. The minimum Gasteiger partial charge on any atom is -0.494 e. The van der Waals surface area contributed by atoms with Crippen LogP contribution < -0.4 is 9.46 Å². The third kappa shape index (κ3) is 5.02. The fraction of sp³-hybridized carbons (Fsp3) is 0.583. The smallest absolute Gasteiger partial charge is 0.433 e. The van der Waals surface area contributed by atoms with E-state index in [2.05, 4.69) is 9.71 Å². The summed E-state index contributed by atoms with van der Waals surface area (Å²) in [6.45, 7) is 1.75. The van der Waals surface area contributed by atoms with E-state index in [1.54, 1.807) is 6.92 Å². The number of sulfonamides is 1. The van der Waals surface area contributed by atoms with Crippen molar-refractivity contribution in [2.45, 2.75) is 25.6 Å². The molecule has 1 aromatic rings. The van der Waals surface area contributed by atoms with Crippen LogP contribution in [0.5, 0.6) is 5.75 Å². The molecule has 0 fully saturated rings. The molecule has 1 unspecified atom stereocenters. The molecule has 10 heteroatoms. The molecule has 1 atom stereocenters. The molecule has 0 bridgehead atoms. The van der Waals surface area contributed by atoms with Crippen LogP contribution in [0.1, 0.15) is 19.0 Å². The van der Waals surface area contributed by atoms with E-state index in [4.69, 9.17) is 9.47 Å². The molecule has 0 aliphatic heterocycles. The molecular weight excluding hydrogens is 325 g/mol. The van der Waals surface area contributed by atoms with Gasteiger partial charge in [-0.25, -0.2) is 13.4 Å². The van der Waals surface area contributed by atoms with E-state index in [9.17, 15) is 21.6 Å². The second kappa shape index (κ2) is 7.14. The molecule has 1 N–H and O–H groups in total. The van der Waals surface area contributed by atoms with Crippen molar-refractivity contribution >= 4 is 15.7 Å². The molecule has 126 valence electrons. The first-order valence-corrected chi connectivity index (χ1v) is 7.92. The maximum absolute atomic E-state index is 12.6. The number of halogens is 3. The van der Waals surface area contributed by atoms with Crippen LogP contribution in [0.15, 0.2) is 12.3 Å². The highest BCUT2D eigenvalue weighted by atomic mass is 32.2. The topological polar surface area (TPSA) is 77.5 Å². The summed E-state index contributed by atoms with van der Waals surface area (Å²) >= 11 is 0. The lowest BCUT2D eigenvalue weighted by atomic mass is 10.3. The Labute approximate surface area is 126 Å². The van der Waals surface area contributed by atoms with Gasteiger partial charge in [0.2, 0.25) is 10.0 Å². The van der Waals surface area contributed by atoms with Crippen molar-refractivity contribution in [3.05, 3.63) is 18.0 Å². The highest BCUT2D eigenvalue weighted by molar-refractivity contribution is 7.92. The maximum Gasteiger partial charge on any atom is 0.433 e. The van der Waals surface area contributed by atoms with Crippen LogP contribution in [0.2, 0.25) is 0 Å². The van der Waals surface area contributed by atoms with Crippen LogP contribution in [0.3, 0.4) is 0 Å². The number of hydrogen-bond acceptors (Lipinski definition) is 5. The first-order chi connectivity index (χ1) is 10.1. The van der Waals surface area contributed by atoms with E-state index in [0.29, 0.717) is 12.5 Å². The predicted molar refractivity (Wildman–Crippen MR) is 74.3 cm³/mol. The van der Waals surface area contributed by atoms with Gasteiger partial charge in [-0.3, -0.25) is 4.72 Å². The molecule has 1 heterocycles. The van der Waals surface area contributed by atoms with Gasteiger partial charge >= 0.3 is 6.18 Å². The number of alkyl halides is 3. The van der Waals surface area contributed by atoms with Crippen molar-refractivity contribution in [3.8, 4) is 5.75 Å². The Kier molecular flexibility index (Phi) is 6.00. The van der Waals surface area contributed by atoms with Gasteiger partial charge < -0.3 is 9.47 Å². The Hall–Kier alpha value is -1.55. The Morgan fingerprint density at radius 2 is 2.00 bits per heavy atom. The van der Waals surface area contributed by atoms with E-state index in [-0.39, 0.29) is 17.2 Å². The van der Waals surface area contributed by atoms with Crippen molar-refractivity contribution < 1.29 is 31.1 Å². The average molecular weight is 342 g/mol. The number of methoxy groups -OCH3 is 2. The highest BCUT2D eigenvalue weighted by Gasteiger charge is 2.33. The number of hydrogen-bond donors (Lipinski definition) is 1. The first kappa shape index (κ1) is 18.5. The zero-order valence-electron chi connectivity index (χ0n) is 12.3. The van der Waals surface area contributed by atoms with Crippen LogP contribution in [-0.4, -0.2) is 39.5 Å². The second-order valence-corrected chi connectivity index (χ2v) is 6.18. The van der Waals surface area contributed by atoms with E-state index in [0.717, 1.165) is 13.3 Å². The number of rotatable bonds is 7. The minimum absolute atomic E-state index is 0.165. The summed E-state index contributed by atoms with van der Waals surface area (Å²) in [7, 11) is -1.30. The molecule has 22 heavy (non-hydrogen) atoms. The van der Waals surface area contributed by atoms with Crippen LogP contribution in [0, 0.1) is 0 Å². The normalized spacial score (nSPS) is 13.7. The summed E-state index contributed by atoms with van der Waals surface area (Å²) in [5.41, 5.74) is -1.34. The van der Waals surface area contributed by atoms with Crippen molar-refractivity contribution in [2.75, 3.05) is 24.7 Å². The zero-order chi connectivity index (χ0) is 17.0. The largest absolute Gasteiger partial charge is 0.494 e. The highest BCUT2D eigenvalue weighted by Crippen LogP contribution is 2.33. The Morgan fingerprint density at radius 1 is 1.36 bits per heavy atom. The van der Waals surface area contributed by atoms with Gasteiger partial charge in [0.1, 0.15) is 17.1 Å². The van der Waals surface area contributed by atoms with Gasteiger partial charge in [-0.15, -0.1) is 0 Å². The lowest BCUT2D eigenvalue weighted by molar-refractivity contribution is -0.141. The van der Waals surface area contributed by atoms with E-state index in [1.807, 2.05) is 0 Å². The minimum atomic E-state index is -4.64. The van der Waals surface area contributed by atoms with Gasteiger partial charge in [-0.2, -0.15) is 13.2 Å². The first-order valence-electron chi connectivity index (χ1n) is 6.27. The van der Waals surface area contributed by atoms with Crippen molar-refractivity contribution in [2.24, 2.45) is 0 Å². The van der Waals surface area contributed by atoms with Gasteiger partial charge in [0.15, 0.2) is 0 Å². The third-order valence-corrected chi connectivity index (χ3v) is 4.18. The van der Waals surface area contributed by atoms with Gasteiger partial charge in [0.05, 0.1) is 25.2 Å². The number of nitrogens with one attached hydrogen (secondary N) is 1. The van der Waals surface area contributed by atoms with E-state index < -0.39 is 28.0 Å². The lowest BCUT2D eigenvalue weighted by Gasteiger charge is -2.16. The lowest BCUT2D eigenvalue weighted by Crippen LogP contribution is -2.27. The average Bonchev–Trinajstić information content (AvgIpc) is 2.43. The van der Waals surface area contributed by atoms with E-state index in [1.165, 1.54) is 7.11 Å². The number of nitrogens with zero attached hydrogens (tertiary/aromatic N) is 1. The monoisotopic (exact) mass is 342 g/mol. The summed E-state index contributed by atoms with van der Waals surface area (Å²) < 4.78 is 73.6. The molecule has 0 aliphatic carbocycles. The number of ether oxygens (including phenoxy) is 2. The molecule has 6 nitrogen and oxygen atoms in total. The molecule has 0 saturated heterocycles. The molecule has 1 rings (SSSR count). The molecule has 0 spiro atoms. The van der Waals surface area contributed by atoms with Crippen molar-refractivity contribution in [1.29, 1.82) is 0 Å². The number of anilines is 1. The fourth-order valence-corrected chi connectivity index (χ4v) is 3.08. The van der Waals surface area contributed by atoms with Gasteiger partial charge in [0, 0.05) is 13.2 Å². The molecule has 0 saturated carbocycles. The summed E-state index contributed by atoms with van der Waals surface area (Å²) in [4.78, 5) is 3.20. The number of aromatic nitrogens is 1. The van der Waals surface area contributed by atoms with Crippen LogP contribution in [0.25, 0.3) is 0 Å². The van der Waals surface area contributed by atoms with Gasteiger partial charge in [-0.05, 0) is 6.42 Å². The van der Waals surface area contributed by atoms with Crippen molar-refractivity contribution in [3.63, 3.8) is 0 Å². The molecule has 0 aromatic carbocycles. The zero-order valence-corrected chi connectivity index (χ0v) is 13.1. The second-order valence-electron chi connectivity index (χ2n) is 4.42. The molecular formula is C12H17F3N2O4S. The van der Waals surface area contributed by atoms with Crippen molar-refractivity contribution in [1.82, 2.24) is 4.98 Å². The summed E-state index contributed by atoms with van der Waals surface area (Å²) in [6.07, 6.45) is -3.92. The Bertz CT molecular complexity index is 601. The summed E-state index contributed by atoms with van der Waals surface area (Å²) in [5, 5.41) is 0. The summed E-state index contributed by atoms with van der Waals surface area (Å²) in [6, 6.07) is 0.630. The van der Waals surface area contributed by atoms with E-state index >= 15 is 0 Å². The van der Waals surface area contributed by atoms with Crippen LogP contribution in [-0.2, 0) is 20.9 Å². The fourth-order valence-electron chi connectivity index (χ4n) is 1.64. The van der Waals surface area contributed by atoms with Gasteiger partial charge in [0.25, 0.3) is 0 Å².